The number of rotatable bonds is 6. The van der Waals surface area contributed by atoms with Crippen LogP contribution < -0.4 is 5.32 Å². The molecule has 3 nitrogen and oxygen atoms in total. The summed E-state index contributed by atoms with van der Waals surface area (Å²) in [5.74, 6) is 3.35. The van der Waals surface area contributed by atoms with Gasteiger partial charge in [-0.1, -0.05) is 27.7 Å². The van der Waals surface area contributed by atoms with Crippen molar-refractivity contribution in [2.75, 3.05) is 13.1 Å². The van der Waals surface area contributed by atoms with E-state index < -0.39 is 0 Å². The Morgan fingerprint density at radius 2 is 2.10 bits per heavy atom. The molecule has 3 unspecified atom stereocenters. The SMILES string of the molecule is CC(C)CNCc1coc(CN2CC(C)CC(C)C2C)c1. The summed E-state index contributed by atoms with van der Waals surface area (Å²) in [6, 6.07) is 2.86. The minimum absolute atomic E-state index is 0.647. The fourth-order valence-corrected chi connectivity index (χ4v) is 3.35. The summed E-state index contributed by atoms with van der Waals surface area (Å²) in [6.45, 7) is 15.6. The summed E-state index contributed by atoms with van der Waals surface area (Å²) in [5.41, 5.74) is 1.26. The zero-order chi connectivity index (χ0) is 15.4. The number of hydrogen-bond acceptors (Lipinski definition) is 3. The second kappa shape index (κ2) is 7.46. The molecule has 0 bridgehead atoms. The molecule has 0 saturated carbocycles. The maximum atomic E-state index is 5.76. The first kappa shape index (κ1) is 16.6. The first-order valence-electron chi connectivity index (χ1n) is 8.46. The van der Waals surface area contributed by atoms with Crippen LogP contribution >= 0.6 is 0 Å². The second-order valence-corrected chi connectivity index (χ2v) is 7.43. The highest BCUT2D eigenvalue weighted by molar-refractivity contribution is 5.13. The van der Waals surface area contributed by atoms with Gasteiger partial charge in [-0.3, -0.25) is 4.90 Å². The van der Waals surface area contributed by atoms with E-state index in [0.29, 0.717) is 12.0 Å². The van der Waals surface area contributed by atoms with Crippen LogP contribution in [0, 0.1) is 17.8 Å². The van der Waals surface area contributed by atoms with Gasteiger partial charge in [-0.2, -0.15) is 0 Å². The largest absolute Gasteiger partial charge is 0.468 e. The van der Waals surface area contributed by atoms with Crippen molar-refractivity contribution < 1.29 is 4.42 Å². The van der Waals surface area contributed by atoms with E-state index in [1.165, 1.54) is 18.5 Å². The van der Waals surface area contributed by atoms with Crippen LogP contribution in [0.3, 0.4) is 0 Å². The van der Waals surface area contributed by atoms with Crippen LogP contribution in [-0.4, -0.2) is 24.0 Å². The van der Waals surface area contributed by atoms with Crippen molar-refractivity contribution in [1.29, 1.82) is 0 Å². The van der Waals surface area contributed by atoms with Crippen molar-refractivity contribution in [2.24, 2.45) is 17.8 Å². The van der Waals surface area contributed by atoms with Crippen molar-refractivity contribution in [3.05, 3.63) is 23.7 Å². The summed E-state index contributed by atoms with van der Waals surface area (Å²) >= 11 is 0. The lowest BCUT2D eigenvalue weighted by atomic mass is 9.86. The van der Waals surface area contributed by atoms with E-state index in [1.807, 2.05) is 6.26 Å². The molecule has 1 aliphatic heterocycles. The number of nitrogens with zero attached hydrogens (tertiary/aromatic N) is 1. The van der Waals surface area contributed by atoms with Crippen LogP contribution in [0.2, 0.25) is 0 Å². The van der Waals surface area contributed by atoms with E-state index in [2.05, 4.69) is 50.9 Å². The molecule has 0 aromatic carbocycles. The van der Waals surface area contributed by atoms with Crippen LogP contribution in [0.15, 0.2) is 16.7 Å². The van der Waals surface area contributed by atoms with Crippen molar-refractivity contribution >= 4 is 0 Å². The first-order valence-corrected chi connectivity index (χ1v) is 8.46. The number of hydrogen-bond donors (Lipinski definition) is 1. The summed E-state index contributed by atoms with van der Waals surface area (Å²) in [7, 11) is 0. The Labute approximate surface area is 130 Å². The zero-order valence-electron chi connectivity index (χ0n) is 14.4. The molecule has 1 saturated heterocycles. The number of furan rings is 1. The van der Waals surface area contributed by atoms with Gasteiger partial charge < -0.3 is 9.73 Å². The van der Waals surface area contributed by atoms with Crippen molar-refractivity contribution in [3.8, 4) is 0 Å². The molecule has 1 N–H and O–H groups in total. The van der Waals surface area contributed by atoms with Crippen molar-refractivity contribution in [3.63, 3.8) is 0 Å². The number of likely N-dealkylation sites (tertiary alicyclic amines) is 1. The fourth-order valence-electron chi connectivity index (χ4n) is 3.35. The van der Waals surface area contributed by atoms with Gasteiger partial charge in [-0.25, -0.2) is 0 Å². The van der Waals surface area contributed by atoms with E-state index in [4.69, 9.17) is 4.42 Å². The van der Waals surface area contributed by atoms with Gasteiger partial charge in [0.15, 0.2) is 0 Å². The lowest BCUT2D eigenvalue weighted by molar-refractivity contribution is 0.0668. The Balaban J connectivity index is 1.86. The molecule has 1 aliphatic rings. The molecule has 0 spiro atoms. The van der Waals surface area contributed by atoms with E-state index in [1.54, 1.807) is 0 Å². The molecule has 2 heterocycles. The molecule has 3 heteroatoms. The minimum Gasteiger partial charge on any atom is -0.468 e. The topological polar surface area (TPSA) is 28.4 Å². The van der Waals surface area contributed by atoms with Crippen LogP contribution in [0.1, 0.15) is 52.4 Å². The normalized spacial score (nSPS) is 27.4. The Morgan fingerprint density at radius 1 is 1.33 bits per heavy atom. The van der Waals surface area contributed by atoms with Gasteiger partial charge in [0.2, 0.25) is 0 Å². The lowest BCUT2D eigenvalue weighted by Gasteiger charge is -2.40. The van der Waals surface area contributed by atoms with Crippen molar-refractivity contribution in [2.45, 2.75) is 60.2 Å². The fraction of sp³-hybridized carbons (Fsp3) is 0.778. The molecule has 21 heavy (non-hydrogen) atoms. The number of piperidine rings is 1. The Morgan fingerprint density at radius 3 is 2.81 bits per heavy atom. The Bertz CT molecular complexity index is 427. The minimum atomic E-state index is 0.647. The van der Waals surface area contributed by atoms with Crippen LogP contribution in [-0.2, 0) is 13.1 Å². The smallest absolute Gasteiger partial charge is 0.118 e. The van der Waals surface area contributed by atoms with Gasteiger partial charge in [-0.05, 0) is 43.7 Å². The van der Waals surface area contributed by atoms with Crippen LogP contribution in [0.5, 0.6) is 0 Å². The maximum Gasteiger partial charge on any atom is 0.118 e. The van der Waals surface area contributed by atoms with E-state index in [-0.39, 0.29) is 0 Å². The van der Waals surface area contributed by atoms with Crippen LogP contribution in [0.25, 0.3) is 0 Å². The molecule has 1 aromatic heterocycles. The van der Waals surface area contributed by atoms with Gasteiger partial charge in [-0.15, -0.1) is 0 Å². The highest BCUT2D eigenvalue weighted by Crippen LogP contribution is 2.28. The molecular formula is C18H32N2O. The maximum absolute atomic E-state index is 5.76. The highest BCUT2D eigenvalue weighted by atomic mass is 16.3. The van der Waals surface area contributed by atoms with Gasteiger partial charge in [0.25, 0.3) is 0 Å². The molecule has 1 aromatic rings. The third kappa shape index (κ3) is 4.86. The van der Waals surface area contributed by atoms with Gasteiger partial charge in [0.1, 0.15) is 5.76 Å². The highest BCUT2D eigenvalue weighted by Gasteiger charge is 2.29. The summed E-state index contributed by atoms with van der Waals surface area (Å²) in [4.78, 5) is 2.57. The van der Waals surface area contributed by atoms with Crippen molar-refractivity contribution in [1.82, 2.24) is 10.2 Å². The molecule has 120 valence electrons. The van der Waals surface area contributed by atoms with E-state index in [0.717, 1.165) is 37.2 Å². The Hall–Kier alpha value is -0.800. The van der Waals surface area contributed by atoms with E-state index in [9.17, 15) is 0 Å². The standard InChI is InChI=1S/C18H32N2O/c1-13(2)8-19-9-17-7-18(21-12-17)11-20-10-14(3)6-15(4)16(20)5/h7,12-16,19H,6,8-11H2,1-5H3. The predicted molar refractivity (Wildman–Crippen MR) is 88.1 cm³/mol. The number of nitrogens with one attached hydrogen (secondary N) is 1. The van der Waals surface area contributed by atoms with Crippen LogP contribution in [0.4, 0.5) is 0 Å². The monoisotopic (exact) mass is 292 g/mol. The summed E-state index contributed by atoms with van der Waals surface area (Å²) in [5, 5.41) is 3.47. The van der Waals surface area contributed by atoms with Gasteiger partial charge >= 0.3 is 0 Å². The summed E-state index contributed by atoms with van der Waals surface area (Å²) in [6.07, 6.45) is 3.25. The quantitative estimate of drug-likeness (QED) is 0.862. The molecule has 2 rings (SSSR count). The van der Waals surface area contributed by atoms with Gasteiger partial charge in [0.05, 0.1) is 12.8 Å². The second-order valence-electron chi connectivity index (χ2n) is 7.43. The summed E-state index contributed by atoms with van der Waals surface area (Å²) < 4.78 is 5.76. The lowest BCUT2D eigenvalue weighted by Crippen LogP contribution is -2.45. The molecular weight excluding hydrogens is 260 g/mol. The molecule has 0 radical (unpaired) electrons. The molecule has 1 fully saturated rings. The average Bonchev–Trinajstić information content (AvgIpc) is 2.82. The third-order valence-corrected chi connectivity index (χ3v) is 4.67. The first-order chi connectivity index (χ1) is 9.95. The molecule has 0 aliphatic carbocycles. The third-order valence-electron chi connectivity index (χ3n) is 4.67. The Kier molecular flexibility index (Phi) is 5.88. The predicted octanol–water partition coefficient (Wildman–Crippen LogP) is 3.89. The molecule has 0 amide bonds. The average molecular weight is 292 g/mol. The zero-order valence-corrected chi connectivity index (χ0v) is 14.4. The molecule has 3 atom stereocenters. The van der Waals surface area contributed by atoms with E-state index >= 15 is 0 Å². The van der Waals surface area contributed by atoms with Gasteiger partial charge in [0, 0.05) is 24.7 Å².